The molecule has 1 aliphatic heterocycles. The lowest BCUT2D eigenvalue weighted by atomic mass is 9.88. The number of carbonyl (C=O) groups excluding carboxylic acids is 1. The number of carbonyl (C=O) groups is 1. The average molecular weight is 484 g/mol. The summed E-state index contributed by atoms with van der Waals surface area (Å²) in [4.78, 5) is 16.4. The number of anilines is 1. The molecule has 1 fully saturated rings. The van der Waals surface area contributed by atoms with Gasteiger partial charge in [-0.3, -0.25) is 4.79 Å². The molecule has 3 N–H and O–H groups in total. The zero-order chi connectivity index (χ0) is 26.1. The second-order valence-corrected chi connectivity index (χ2v) is 9.08. The Bertz CT molecular complexity index is 1010. The van der Waals surface area contributed by atoms with Gasteiger partial charge in [0.15, 0.2) is 0 Å². The van der Waals surface area contributed by atoms with E-state index < -0.39 is 18.2 Å². The third kappa shape index (κ3) is 7.63. The Balaban J connectivity index is 0.00000210. The van der Waals surface area contributed by atoms with E-state index in [-0.39, 0.29) is 11.9 Å². The summed E-state index contributed by atoms with van der Waals surface area (Å²) in [6, 6.07) is 1.73. The minimum Gasteiger partial charge on any atom is -0.391 e. The molecule has 0 spiro atoms. The standard InChI is InChI=1S/C27H36FN3O2.C2H6/c1-6-8-16(3)20(22-15-29-24(10-18(22)5)25(32)9-7-2)12-19-14-30-26(11-17(19)4)31-27(33)21-13-23(21)28;1-2/h8,10-12,14-15,21,23-25,29,32H,6-7,9,13H2,1-5H3,(H,30,31,33);1-2H3/b16-8+,20-12+;. The summed E-state index contributed by atoms with van der Waals surface area (Å²) < 4.78 is 13.1. The van der Waals surface area contributed by atoms with Gasteiger partial charge in [-0.1, -0.05) is 46.3 Å². The normalized spacial score (nSPS) is 22.7. The van der Waals surface area contributed by atoms with Crippen LogP contribution in [0, 0.1) is 12.8 Å². The van der Waals surface area contributed by atoms with Crippen molar-refractivity contribution in [2.24, 2.45) is 5.92 Å². The molecule has 1 saturated carbocycles. The van der Waals surface area contributed by atoms with Crippen LogP contribution in [-0.2, 0) is 4.79 Å². The maximum atomic E-state index is 13.1. The Kier molecular flexibility index (Phi) is 10.9. The molecule has 0 saturated heterocycles. The first-order chi connectivity index (χ1) is 16.7. The molecule has 1 aromatic rings. The van der Waals surface area contributed by atoms with Gasteiger partial charge in [0, 0.05) is 18.0 Å². The fourth-order valence-electron chi connectivity index (χ4n) is 4.10. The summed E-state index contributed by atoms with van der Waals surface area (Å²) >= 11 is 0. The van der Waals surface area contributed by atoms with Crippen LogP contribution in [0.15, 0.2) is 52.9 Å². The van der Waals surface area contributed by atoms with Gasteiger partial charge < -0.3 is 15.7 Å². The Hall–Kier alpha value is -2.73. The van der Waals surface area contributed by atoms with Crippen molar-refractivity contribution in [2.75, 3.05) is 5.32 Å². The maximum Gasteiger partial charge on any atom is 0.231 e. The molecule has 1 amide bonds. The van der Waals surface area contributed by atoms with E-state index in [4.69, 9.17) is 0 Å². The first-order valence-corrected chi connectivity index (χ1v) is 12.9. The van der Waals surface area contributed by atoms with Gasteiger partial charge in [-0.25, -0.2) is 9.37 Å². The molecule has 3 rings (SSSR count). The van der Waals surface area contributed by atoms with Crippen LogP contribution in [-0.4, -0.2) is 34.3 Å². The third-order valence-corrected chi connectivity index (χ3v) is 6.25. The number of rotatable bonds is 9. The van der Waals surface area contributed by atoms with E-state index in [9.17, 15) is 14.3 Å². The van der Waals surface area contributed by atoms with Crippen LogP contribution in [0.2, 0.25) is 0 Å². The van der Waals surface area contributed by atoms with Crippen molar-refractivity contribution in [3.8, 4) is 0 Å². The van der Waals surface area contributed by atoms with Gasteiger partial charge in [0.1, 0.15) is 12.0 Å². The number of amides is 1. The van der Waals surface area contributed by atoms with Gasteiger partial charge in [0.2, 0.25) is 5.91 Å². The summed E-state index contributed by atoms with van der Waals surface area (Å²) in [7, 11) is 0. The van der Waals surface area contributed by atoms with Crippen LogP contribution in [0.3, 0.4) is 0 Å². The number of aliphatic hydroxyl groups excluding tert-OH is 1. The Morgan fingerprint density at radius 3 is 2.57 bits per heavy atom. The fourth-order valence-corrected chi connectivity index (χ4v) is 4.10. The maximum absolute atomic E-state index is 13.1. The minimum absolute atomic E-state index is 0.0907. The van der Waals surface area contributed by atoms with Crippen LogP contribution in [0.4, 0.5) is 10.2 Å². The van der Waals surface area contributed by atoms with Crippen LogP contribution < -0.4 is 10.6 Å². The topological polar surface area (TPSA) is 74.2 Å². The van der Waals surface area contributed by atoms with Gasteiger partial charge >= 0.3 is 0 Å². The zero-order valence-electron chi connectivity index (χ0n) is 22.3. The van der Waals surface area contributed by atoms with E-state index in [2.05, 4.69) is 61.5 Å². The number of hydrogen-bond acceptors (Lipinski definition) is 4. The third-order valence-electron chi connectivity index (χ3n) is 6.25. The predicted molar refractivity (Wildman–Crippen MR) is 144 cm³/mol. The van der Waals surface area contributed by atoms with Crippen molar-refractivity contribution in [1.29, 1.82) is 0 Å². The van der Waals surface area contributed by atoms with Crippen molar-refractivity contribution in [1.82, 2.24) is 10.3 Å². The largest absolute Gasteiger partial charge is 0.391 e. The van der Waals surface area contributed by atoms with E-state index in [1.54, 1.807) is 6.20 Å². The SMILES string of the molecule is CC.CC/C=C(C)/C(=C\c1cnc(NC(=O)C2CC2F)cc1C)C1=CNC(C(O)CCC)C=C1C. The number of nitrogens with zero attached hydrogens (tertiary/aromatic N) is 1. The molecule has 0 bridgehead atoms. The summed E-state index contributed by atoms with van der Waals surface area (Å²) in [5, 5.41) is 16.5. The molecule has 4 unspecified atom stereocenters. The lowest BCUT2D eigenvalue weighted by Gasteiger charge is -2.27. The molecule has 1 aliphatic carbocycles. The quantitative estimate of drug-likeness (QED) is 0.355. The smallest absolute Gasteiger partial charge is 0.231 e. The number of pyridine rings is 1. The van der Waals surface area contributed by atoms with Gasteiger partial charge in [0.25, 0.3) is 0 Å². The Morgan fingerprint density at radius 1 is 1.34 bits per heavy atom. The number of halogens is 1. The molecule has 192 valence electrons. The highest BCUT2D eigenvalue weighted by Gasteiger charge is 2.43. The number of nitrogens with one attached hydrogen (secondary N) is 2. The number of dihydropyridines is 1. The second kappa shape index (κ2) is 13.4. The van der Waals surface area contributed by atoms with E-state index in [1.807, 2.05) is 33.0 Å². The van der Waals surface area contributed by atoms with Crippen LogP contribution in [0.5, 0.6) is 0 Å². The first kappa shape index (κ1) is 28.5. The zero-order valence-corrected chi connectivity index (χ0v) is 22.3. The predicted octanol–water partition coefficient (Wildman–Crippen LogP) is 6.42. The highest BCUT2D eigenvalue weighted by Crippen LogP contribution is 2.35. The highest BCUT2D eigenvalue weighted by atomic mass is 19.1. The molecule has 0 radical (unpaired) electrons. The van der Waals surface area contributed by atoms with Gasteiger partial charge in [0.05, 0.1) is 18.1 Å². The number of aliphatic hydroxyl groups is 1. The molecular formula is C29H42FN3O2. The van der Waals surface area contributed by atoms with Crippen LogP contribution >= 0.6 is 0 Å². The summed E-state index contributed by atoms with van der Waals surface area (Å²) in [6.45, 7) is 14.3. The number of allylic oxidation sites excluding steroid dienone is 5. The van der Waals surface area contributed by atoms with E-state index in [1.165, 1.54) is 0 Å². The monoisotopic (exact) mass is 483 g/mol. The highest BCUT2D eigenvalue weighted by molar-refractivity contribution is 5.94. The molecule has 1 aromatic heterocycles. The molecule has 6 heteroatoms. The van der Waals surface area contributed by atoms with Gasteiger partial charge in [-0.2, -0.15) is 0 Å². The second-order valence-electron chi connectivity index (χ2n) is 9.08. The van der Waals surface area contributed by atoms with Crippen molar-refractivity contribution in [3.63, 3.8) is 0 Å². The van der Waals surface area contributed by atoms with E-state index in [0.29, 0.717) is 12.2 Å². The van der Waals surface area contributed by atoms with Gasteiger partial charge in [-0.05, 0) is 80.0 Å². The number of hydrogen-bond donors (Lipinski definition) is 3. The molecule has 0 aromatic carbocycles. The molecule has 2 heterocycles. The van der Waals surface area contributed by atoms with E-state index >= 15 is 0 Å². The lowest BCUT2D eigenvalue weighted by molar-refractivity contribution is -0.117. The lowest BCUT2D eigenvalue weighted by Crippen LogP contribution is -2.37. The van der Waals surface area contributed by atoms with Crippen molar-refractivity contribution in [3.05, 3.63) is 64.0 Å². The number of aromatic nitrogens is 1. The number of alkyl halides is 1. The van der Waals surface area contributed by atoms with Gasteiger partial charge in [-0.15, -0.1) is 0 Å². The summed E-state index contributed by atoms with van der Waals surface area (Å²) in [5.74, 6) is -0.405. The molecule has 4 atom stereocenters. The summed E-state index contributed by atoms with van der Waals surface area (Å²) in [6.07, 6.45) is 11.6. The Labute approximate surface area is 210 Å². The molecule has 2 aliphatic rings. The van der Waals surface area contributed by atoms with Crippen molar-refractivity contribution in [2.45, 2.75) is 92.5 Å². The molecule has 35 heavy (non-hydrogen) atoms. The molecule has 5 nitrogen and oxygen atoms in total. The number of aryl methyl sites for hydroxylation is 1. The van der Waals surface area contributed by atoms with Crippen LogP contribution in [0.1, 0.15) is 78.4 Å². The van der Waals surface area contributed by atoms with Crippen molar-refractivity contribution >= 4 is 17.8 Å². The van der Waals surface area contributed by atoms with Crippen LogP contribution in [0.25, 0.3) is 6.08 Å². The molecular weight excluding hydrogens is 441 g/mol. The minimum atomic E-state index is -1.03. The fraction of sp³-hybridized carbons (Fsp3) is 0.517. The average Bonchev–Trinajstić information content (AvgIpc) is 3.57. The van der Waals surface area contributed by atoms with Crippen molar-refractivity contribution < 1.29 is 14.3 Å². The first-order valence-electron chi connectivity index (χ1n) is 12.9. The van der Waals surface area contributed by atoms with E-state index in [0.717, 1.165) is 52.7 Å². The Morgan fingerprint density at radius 2 is 2.03 bits per heavy atom. The summed E-state index contributed by atoms with van der Waals surface area (Å²) in [5.41, 5.74) is 6.35.